The summed E-state index contributed by atoms with van der Waals surface area (Å²) in [5, 5.41) is 7.79. The lowest BCUT2D eigenvalue weighted by atomic mass is 10.1. The van der Waals surface area contributed by atoms with Gasteiger partial charge in [0.25, 0.3) is 0 Å². The van der Waals surface area contributed by atoms with E-state index in [0.29, 0.717) is 4.88 Å². The lowest BCUT2D eigenvalue weighted by Gasteiger charge is -2.20. The number of nitrogens with one attached hydrogen (secondary N) is 1. The summed E-state index contributed by atoms with van der Waals surface area (Å²) in [6.07, 6.45) is 0.164. The standard InChI is InChI=1S/C10H16N2O3S2/c1-10(2,3)12-8(13)6-7-4-5-9(16-7)17(11,14)15/h4-5H,6H2,1-3H3,(H,12,13)(H2,11,14,15). The number of sulfonamides is 1. The SMILES string of the molecule is CC(C)(C)NC(=O)Cc1ccc(S(N)(=O)=O)s1. The van der Waals surface area contributed by atoms with Crippen LogP contribution in [-0.2, 0) is 21.2 Å². The Hall–Kier alpha value is -0.920. The third kappa shape index (κ3) is 4.84. The highest BCUT2D eigenvalue weighted by atomic mass is 32.2. The molecule has 0 fully saturated rings. The van der Waals surface area contributed by atoms with Crippen LogP contribution >= 0.6 is 11.3 Å². The van der Waals surface area contributed by atoms with E-state index in [1.165, 1.54) is 6.07 Å². The molecule has 0 aromatic carbocycles. The molecule has 1 rings (SSSR count). The predicted molar refractivity (Wildman–Crippen MR) is 67.3 cm³/mol. The van der Waals surface area contributed by atoms with E-state index < -0.39 is 10.0 Å². The number of primary sulfonamides is 1. The van der Waals surface area contributed by atoms with Gasteiger partial charge < -0.3 is 5.32 Å². The molecule has 96 valence electrons. The van der Waals surface area contributed by atoms with E-state index in [-0.39, 0.29) is 22.1 Å². The van der Waals surface area contributed by atoms with Crippen LogP contribution in [0.1, 0.15) is 25.6 Å². The second kappa shape index (κ2) is 4.75. The molecule has 7 heteroatoms. The summed E-state index contributed by atoms with van der Waals surface area (Å²) in [5.41, 5.74) is -0.295. The van der Waals surface area contributed by atoms with Gasteiger partial charge in [-0.3, -0.25) is 4.79 Å². The Balaban J connectivity index is 2.71. The van der Waals surface area contributed by atoms with Crippen molar-refractivity contribution in [3.05, 3.63) is 17.0 Å². The van der Waals surface area contributed by atoms with Gasteiger partial charge in [-0.2, -0.15) is 0 Å². The number of hydrogen-bond acceptors (Lipinski definition) is 4. The zero-order valence-corrected chi connectivity index (χ0v) is 11.6. The summed E-state index contributed by atoms with van der Waals surface area (Å²) in [7, 11) is -3.67. The Morgan fingerprint density at radius 2 is 2.00 bits per heavy atom. The predicted octanol–water partition coefficient (Wildman–Crippen LogP) is 0.853. The molecule has 0 bridgehead atoms. The monoisotopic (exact) mass is 276 g/mol. The summed E-state index contributed by atoms with van der Waals surface area (Å²) in [4.78, 5) is 12.3. The molecule has 0 spiro atoms. The molecule has 1 amide bonds. The lowest BCUT2D eigenvalue weighted by Crippen LogP contribution is -2.41. The van der Waals surface area contributed by atoms with E-state index in [1.807, 2.05) is 20.8 Å². The Labute approximate surface area is 105 Å². The number of hydrogen-bond donors (Lipinski definition) is 2. The van der Waals surface area contributed by atoms with Crippen LogP contribution in [0.15, 0.2) is 16.3 Å². The van der Waals surface area contributed by atoms with Gasteiger partial charge in [-0.05, 0) is 32.9 Å². The van der Waals surface area contributed by atoms with Crippen LogP contribution in [0.5, 0.6) is 0 Å². The van der Waals surface area contributed by atoms with Gasteiger partial charge in [0.2, 0.25) is 15.9 Å². The maximum absolute atomic E-state index is 11.6. The topological polar surface area (TPSA) is 89.3 Å². The van der Waals surface area contributed by atoms with Crippen molar-refractivity contribution >= 4 is 27.3 Å². The molecule has 0 atom stereocenters. The second-order valence-electron chi connectivity index (χ2n) is 4.74. The minimum Gasteiger partial charge on any atom is -0.351 e. The van der Waals surface area contributed by atoms with E-state index in [4.69, 9.17) is 5.14 Å². The van der Waals surface area contributed by atoms with E-state index in [9.17, 15) is 13.2 Å². The van der Waals surface area contributed by atoms with Crippen molar-refractivity contribution in [1.82, 2.24) is 5.32 Å². The van der Waals surface area contributed by atoms with Crippen molar-refractivity contribution in [3.63, 3.8) is 0 Å². The summed E-state index contributed by atoms with van der Waals surface area (Å²) in [6.45, 7) is 5.65. The van der Waals surface area contributed by atoms with Crippen LogP contribution in [0.2, 0.25) is 0 Å². The van der Waals surface area contributed by atoms with Gasteiger partial charge in [0.15, 0.2) is 0 Å². The highest BCUT2D eigenvalue weighted by Crippen LogP contribution is 2.20. The number of rotatable bonds is 3. The van der Waals surface area contributed by atoms with Crippen LogP contribution in [-0.4, -0.2) is 19.9 Å². The molecule has 0 aliphatic heterocycles. The number of thiophene rings is 1. The van der Waals surface area contributed by atoms with Crippen LogP contribution in [0.25, 0.3) is 0 Å². The van der Waals surface area contributed by atoms with E-state index in [2.05, 4.69) is 5.32 Å². The van der Waals surface area contributed by atoms with Crippen LogP contribution in [0.3, 0.4) is 0 Å². The third-order valence-electron chi connectivity index (χ3n) is 1.77. The van der Waals surface area contributed by atoms with Crippen molar-refractivity contribution < 1.29 is 13.2 Å². The van der Waals surface area contributed by atoms with Gasteiger partial charge in [0, 0.05) is 10.4 Å². The summed E-state index contributed by atoms with van der Waals surface area (Å²) < 4.78 is 22.2. The highest BCUT2D eigenvalue weighted by Gasteiger charge is 2.16. The Kier molecular flexibility index (Phi) is 3.95. The number of amides is 1. The minimum atomic E-state index is -3.67. The van der Waals surface area contributed by atoms with E-state index >= 15 is 0 Å². The molecule has 3 N–H and O–H groups in total. The maximum atomic E-state index is 11.6. The van der Waals surface area contributed by atoms with Crippen molar-refractivity contribution in [1.29, 1.82) is 0 Å². The number of carbonyl (C=O) groups excluding carboxylic acids is 1. The van der Waals surface area contributed by atoms with Crippen molar-refractivity contribution in [3.8, 4) is 0 Å². The molecule has 17 heavy (non-hydrogen) atoms. The molecule has 0 saturated heterocycles. The molecule has 1 aromatic heterocycles. The number of carbonyl (C=O) groups is 1. The molecule has 5 nitrogen and oxygen atoms in total. The second-order valence-corrected chi connectivity index (χ2v) is 7.70. The first-order valence-electron chi connectivity index (χ1n) is 5.00. The smallest absolute Gasteiger partial charge is 0.247 e. The summed E-state index contributed by atoms with van der Waals surface area (Å²) >= 11 is 1.02. The van der Waals surface area contributed by atoms with Gasteiger partial charge in [0.05, 0.1) is 6.42 Å². The Morgan fingerprint density at radius 1 is 1.41 bits per heavy atom. The van der Waals surface area contributed by atoms with Gasteiger partial charge in [-0.15, -0.1) is 11.3 Å². The average Bonchev–Trinajstić information content (AvgIpc) is 2.47. The fourth-order valence-corrected chi connectivity index (χ4v) is 3.00. The van der Waals surface area contributed by atoms with Gasteiger partial charge in [-0.1, -0.05) is 0 Å². The number of nitrogens with two attached hydrogens (primary N) is 1. The largest absolute Gasteiger partial charge is 0.351 e. The normalized spacial score (nSPS) is 12.5. The van der Waals surface area contributed by atoms with E-state index in [1.54, 1.807) is 6.07 Å². The maximum Gasteiger partial charge on any atom is 0.247 e. The van der Waals surface area contributed by atoms with Crippen LogP contribution in [0.4, 0.5) is 0 Å². The molecule has 0 aliphatic rings. The van der Waals surface area contributed by atoms with Gasteiger partial charge in [-0.25, -0.2) is 13.6 Å². The summed E-state index contributed by atoms with van der Waals surface area (Å²) in [5.74, 6) is -0.139. The van der Waals surface area contributed by atoms with Crippen LogP contribution < -0.4 is 10.5 Å². The molecular weight excluding hydrogens is 260 g/mol. The van der Waals surface area contributed by atoms with Crippen LogP contribution in [0, 0.1) is 0 Å². The molecule has 1 heterocycles. The lowest BCUT2D eigenvalue weighted by molar-refractivity contribution is -0.121. The zero-order valence-electron chi connectivity index (χ0n) is 9.98. The quantitative estimate of drug-likeness (QED) is 0.857. The molecule has 1 aromatic rings. The fourth-order valence-electron chi connectivity index (χ4n) is 1.23. The van der Waals surface area contributed by atoms with Crippen molar-refractivity contribution in [2.45, 2.75) is 36.9 Å². The Bertz CT molecular complexity index is 512. The zero-order chi connectivity index (χ0) is 13.3. The van der Waals surface area contributed by atoms with Crippen molar-refractivity contribution in [2.75, 3.05) is 0 Å². The van der Waals surface area contributed by atoms with E-state index in [0.717, 1.165) is 11.3 Å². The first-order chi connectivity index (χ1) is 7.58. The highest BCUT2D eigenvalue weighted by molar-refractivity contribution is 7.91. The van der Waals surface area contributed by atoms with Gasteiger partial charge >= 0.3 is 0 Å². The van der Waals surface area contributed by atoms with Gasteiger partial charge in [0.1, 0.15) is 4.21 Å². The van der Waals surface area contributed by atoms with Crippen molar-refractivity contribution in [2.24, 2.45) is 5.14 Å². The first kappa shape index (κ1) is 14.1. The molecular formula is C10H16N2O3S2. The fraction of sp³-hybridized carbons (Fsp3) is 0.500. The third-order valence-corrected chi connectivity index (χ3v) is 4.29. The molecule has 0 aliphatic carbocycles. The molecule has 0 saturated carbocycles. The molecule has 0 unspecified atom stereocenters. The average molecular weight is 276 g/mol. The molecule has 0 radical (unpaired) electrons. The first-order valence-corrected chi connectivity index (χ1v) is 7.37. The minimum absolute atomic E-state index is 0.0797. The summed E-state index contributed by atoms with van der Waals surface area (Å²) in [6, 6.07) is 3.02. The Morgan fingerprint density at radius 3 is 2.41 bits per heavy atom.